The Bertz CT molecular complexity index is 943. The van der Waals surface area contributed by atoms with E-state index in [2.05, 4.69) is 57.9 Å². The summed E-state index contributed by atoms with van der Waals surface area (Å²) in [6, 6.07) is 8.57. The molecule has 2 aliphatic heterocycles. The predicted molar refractivity (Wildman–Crippen MR) is 115 cm³/mol. The third-order valence-corrected chi connectivity index (χ3v) is 6.48. The van der Waals surface area contributed by atoms with Crippen molar-refractivity contribution in [2.24, 2.45) is 11.8 Å². The summed E-state index contributed by atoms with van der Waals surface area (Å²) in [7, 11) is 3.65. The van der Waals surface area contributed by atoms with Crippen molar-refractivity contribution in [3.63, 3.8) is 0 Å². The molecule has 29 heavy (non-hydrogen) atoms. The van der Waals surface area contributed by atoms with E-state index in [1.165, 1.54) is 11.1 Å². The van der Waals surface area contributed by atoms with E-state index in [9.17, 15) is 4.79 Å². The number of anilines is 2. The minimum Gasteiger partial charge on any atom is -0.368 e. The van der Waals surface area contributed by atoms with E-state index >= 15 is 0 Å². The van der Waals surface area contributed by atoms with Crippen LogP contribution in [0.1, 0.15) is 28.4 Å². The van der Waals surface area contributed by atoms with Crippen LogP contribution in [0.4, 0.5) is 16.6 Å². The summed E-state index contributed by atoms with van der Waals surface area (Å²) in [6.45, 7) is 8.65. The number of hydrogen-bond donors (Lipinski definition) is 1. The molecule has 0 radical (unpaired) electrons. The number of nitrogen functional groups attached to an aromatic ring is 1. The molecule has 0 unspecified atom stereocenters. The van der Waals surface area contributed by atoms with Crippen LogP contribution < -0.4 is 10.6 Å². The highest BCUT2D eigenvalue weighted by Crippen LogP contribution is 2.47. The van der Waals surface area contributed by atoms with Crippen LogP contribution in [0.5, 0.6) is 0 Å². The third kappa shape index (κ3) is 3.28. The van der Waals surface area contributed by atoms with Crippen molar-refractivity contribution in [2.45, 2.75) is 26.8 Å². The number of aryl methyl sites for hydroxylation is 2. The number of carbonyl (C=O) groups is 1. The lowest BCUT2D eigenvalue weighted by Gasteiger charge is -2.33. The fourth-order valence-electron chi connectivity index (χ4n) is 4.93. The van der Waals surface area contributed by atoms with E-state index in [-0.39, 0.29) is 12.1 Å². The number of fused-ring (bicyclic) bond motifs is 1. The minimum absolute atomic E-state index is 0.0710. The highest BCUT2D eigenvalue weighted by atomic mass is 16.2. The molecule has 0 spiro atoms. The summed E-state index contributed by atoms with van der Waals surface area (Å²) in [5.41, 5.74) is 10.4. The van der Waals surface area contributed by atoms with E-state index in [1.807, 2.05) is 21.0 Å². The Hall–Kier alpha value is -2.83. The van der Waals surface area contributed by atoms with Crippen LogP contribution in [0, 0.1) is 32.6 Å². The number of amides is 2. The lowest BCUT2D eigenvalue weighted by atomic mass is 9.88. The van der Waals surface area contributed by atoms with Gasteiger partial charge in [-0.2, -0.15) is 4.98 Å². The Morgan fingerprint density at radius 1 is 1.10 bits per heavy atom. The van der Waals surface area contributed by atoms with Crippen LogP contribution in [0.25, 0.3) is 0 Å². The van der Waals surface area contributed by atoms with Crippen molar-refractivity contribution < 1.29 is 4.79 Å². The summed E-state index contributed by atoms with van der Waals surface area (Å²) < 4.78 is 0. The average molecular weight is 395 g/mol. The summed E-state index contributed by atoms with van der Waals surface area (Å²) in [6.07, 6.45) is 0. The Morgan fingerprint density at radius 3 is 2.52 bits per heavy atom. The number of urea groups is 1. The van der Waals surface area contributed by atoms with Gasteiger partial charge in [-0.15, -0.1) is 0 Å². The van der Waals surface area contributed by atoms with Gasteiger partial charge in [0.25, 0.3) is 0 Å². The molecule has 2 aromatic rings. The SMILES string of the molecule is Cc1ccccc1[C@H]1[C@@H]2CN(c3nc(N)nc(C)c3C)C[C@@H]2CN1C(=O)N(C)C. The standard InChI is InChI=1S/C22H30N6O/c1-13-8-6-7-9-17(13)19-18-12-27(20-14(2)15(3)24-21(23)25-20)10-16(18)11-28(19)22(29)26(4)5/h6-9,16,18-19H,10-12H2,1-5H3,(H2,23,24,25)/t16-,18-,19+/m1/s1. The molecular weight excluding hydrogens is 364 g/mol. The first-order chi connectivity index (χ1) is 13.8. The van der Waals surface area contributed by atoms with Gasteiger partial charge in [0.1, 0.15) is 5.82 Å². The van der Waals surface area contributed by atoms with Crippen molar-refractivity contribution >= 4 is 17.8 Å². The number of hydrogen-bond acceptors (Lipinski definition) is 5. The Kier molecular flexibility index (Phi) is 4.84. The molecule has 3 heterocycles. The van der Waals surface area contributed by atoms with Crippen molar-refractivity contribution in [3.05, 3.63) is 46.6 Å². The van der Waals surface area contributed by atoms with Gasteiger partial charge in [-0.1, -0.05) is 24.3 Å². The zero-order valence-electron chi connectivity index (χ0n) is 17.9. The summed E-state index contributed by atoms with van der Waals surface area (Å²) >= 11 is 0. The molecule has 1 aromatic carbocycles. The molecule has 7 nitrogen and oxygen atoms in total. The van der Waals surface area contributed by atoms with Crippen molar-refractivity contribution in [1.82, 2.24) is 19.8 Å². The van der Waals surface area contributed by atoms with E-state index < -0.39 is 0 Å². The van der Waals surface area contributed by atoms with Crippen LogP contribution >= 0.6 is 0 Å². The molecule has 2 N–H and O–H groups in total. The van der Waals surface area contributed by atoms with Gasteiger partial charge in [0.2, 0.25) is 5.95 Å². The molecule has 7 heteroatoms. The second-order valence-electron chi connectivity index (χ2n) is 8.58. The highest BCUT2D eigenvalue weighted by Gasteiger charge is 2.50. The predicted octanol–water partition coefficient (Wildman–Crippen LogP) is 2.77. The maximum absolute atomic E-state index is 13.0. The molecule has 2 fully saturated rings. The molecule has 1 aromatic heterocycles. The first kappa shape index (κ1) is 19.5. The molecule has 0 saturated carbocycles. The molecule has 0 bridgehead atoms. The maximum Gasteiger partial charge on any atom is 0.320 e. The van der Waals surface area contributed by atoms with Crippen LogP contribution in [-0.4, -0.2) is 59.5 Å². The van der Waals surface area contributed by atoms with E-state index in [4.69, 9.17) is 5.73 Å². The van der Waals surface area contributed by atoms with Crippen molar-refractivity contribution in [3.8, 4) is 0 Å². The van der Waals surface area contributed by atoms with Gasteiger partial charge >= 0.3 is 6.03 Å². The first-order valence-corrected chi connectivity index (χ1v) is 10.2. The number of rotatable bonds is 2. The Balaban J connectivity index is 1.70. The molecule has 2 aliphatic rings. The third-order valence-electron chi connectivity index (χ3n) is 6.48. The van der Waals surface area contributed by atoms with Crippen LogP contribution in [-0.2, 0) is 0 Å². The Labute approximate surface area is 172 Å². The lowest BCUT2D eigenvalue weighted by molar-refractivity contribution is 0.159. The molecule has 4 rings (SSSR count). The topological polar surface area (TPSA) is 78.6 Å². The summed E-state index contributed by atoms with van der Waals surface area (Å²) in [4.78, 5) is 27.9. The zero-order chi connectivity index (χ0) is 20.9. The molecule has 2 saturated heterocycles. The number of nitrogens with zero attached hydrogens (tertiary/aromatic N) is 5. The summed E-state index contributed by atoms with van der Waals surface area (Å²) in [5, 5.41) is 0. The smallest absolute Gasteiger partial charge is 0.320 e. The lowest BCUT2D eigenvalue weighted by Crippen LogP contribution is -2.41. The van der Waals surface area contributed by atoms with Gasteiger partial charge in [-0.05, 0) is 31.9 Å². The first-order valence-electron chi connectivity index (χ1n) is 10.2. The maximum atomic E-state index is 13.0. The fourth-order valence-corrected chi connectivity index (χ4v) is 4.93. The molecular formula is C22H30N6O. The summed E-state index contributed by atoms with van der Waals surface area (Å²) in [5.74, 6) is 2.01. The van der Waals surface area contributed by atoms with Gasteiger partial charge in [0, 0.05) is 56.8 Å². The second kappa shape index (κ2) is 7.21. The quantitative estimate of drug-likeness (QED) is 0.847. The number of nitrogens with two attached hydrogens (primary N) is 1. The Morgan fingerprint density at radius 2 is 1.83 bits per heavy atom. The van der Waals surface area contributed by atoms with E-state index in [1.54, 1.807) is 4.90 Å². The molecule has 0 aliphatic carbocycles. The van der Waals surface area contributed by atoms with Gasteiger partial charge in [0.15, 0.2) is 0 Å². The second-order valence-corrected chi connectivity index (χ2v) is 8.58. The zero-order valence-corrected chi connectivity index (χ0v) is 17.9. The molecule has 3 atom stereocenters. The van der Waals surface area contributed by atoms with Gasteiger partial charge < -0.3 is 20.4 Å². The number of likely N-dealkylation sites (tertiary alicyclic amines) is 1. The monoisotopic (exact) mass is 394 g/mol. The van der Waals surface area contributed by atoms with Crippen LogP contribution in [0.2, 0.25) is 0 Å². The van der Waals surface area contributed by atoms with E-state index in [0.29, 0.717) is 17.8 Å². The van der Waals surface area contributed by atoms with Gasteiger partial charge in [-0.3, -0.25) is 0 Å². The largest absolute Gasteiger partial charge is 0.368 e. The normalized spacial score (nSPS) is 23.4. The van der Waals surface area contributed by atoms with Gasteiger partial charge in [0.05, 0.1) is 6.04 Å². The average Bonchev–Trinajstić information content (AvgIpc) is 3.22. The minimum atomic E-state index is 0.0710. The van der Waals surface area contributed by atoms with Crippen LogP contribution in [0.15, 0.2) is 24.3 Å². The van der Waals surface area contributed by atoms with Gasteiger partial charge in [-0.25, -0.2) is 9.78 Å². The fraction of sp³-hybridized carbons (Fsp3) is 0.500. The number of aromatic nitrogens is 2. The molecule has 154 valence electrons. The highest BCUT2D eigenvalue weighted by molar-refractivity contribution is 5.75. The number of benzene rings is 1. The van der Waals surface area contributed by atoms with Crippen LogP contribution in [0.3, 0.4) is 0 Å². The van der Waals surface area contributed by atoms with Crippen molar-refractivity contribution in [2.75, 3.05) is 44.4 Å². The van der Waals surface area contributed by atoms with E-state index in [0.717, 1.165) is 36.7 Å². The number of carbonyl (C=O) groups excluding carboxylic acids is 1. The molecule has 2 amide bonds. The van der Waals surface area contributed by atoms with Crippen molar-refractivity contribution in [1.29, 1.82) is 0 Å².